The van der Waals surface area contributed by atoms with Gasteiger partial charge in [-0.2, -0.15) is 0 Å². The summed E-state index contributed by atoms with van der Waals surface area (Å²) < 4.78 is 3.02. The molecule has 1 saturated carbocycles. The van der Waals surface area contributed by atoms with Gasteiger partial charge in [-0.05, 0) is 48.7 Å². The molecule has 2 aromatic heterocycles. The summed E-state index contributed by atoms with van der Waals surface area (Å²) in [6.07, 6.45) is 6.14. The first-order valence-electron chi connectivity index (χ1n) is 6.65. The van der Waals surface area contributed by atoms with Crippen LogP contribution >= 0.6 is 27.3 Å². The number of aryl methyl sites for hydroxylation is 1. The van der Waals surface area contributed by atoms with Crippen LogP contribution in [-0.2, 0) is 0 Å². The molecule has 0 saturated heterocycles. The molecule has 1 aliphatic rings. The first-order chi connectivity index (χ1) is 9.54. The standard InChI is InChI=1S/C14H16BrN3OS/c1-8-6-16-14(20-8)9(2)17-13(19)12-5-10(15)7-18(12)11-3-4-11/h5-7,9,11H,3-4H2,1-2H3,(H,17,19). The lowest BCUT2D eigenvalue weighted by atomic mass is 10.3. The van der Waals surface area contributed by atoms with E-state index in [-0.39, 0.29) is 11.9 Å². The van der Waals surface area contributed by atoms with Crippen molar-refractivity contribution in [3.05, 3.63) is 38.5 Å². The third-order valence-electron chi connectivity index (χ3n) is 3.35. The summed E-state index contributed by atoms with van der Waals surface area (Å²) in [7, 11) is 0. The number of halogens is 1. The monoisotopic (exact) mass is 353 g/mol. The van der Waals surface area contributed by atoms with Gasteiger partial charge < -0.3 is 9.88 Å². The van der Waals surface area contributed by atoms with Crippen LogP contribution in [0.5, 0.6) is 0 Å². The Balaban J connectivity index is 1.76. The van der Waals surface area contributed by atoms with Gasteiger partial charge in [0, 0.05) is 27.8 Å². The Labute approximate surface area is 130 Å². The zero-order valence-electron chi connectivity index (χ0n) is 11.4. The second-order valence-corrected chi connectivity index (χ2v) is 7.37. The summed E-state index contributed by atoms with van der Waals surface area (Å²) in [5.41, 5.74) is 0.722. The second kappa shape index (κ2) is 5.33. The molecule has 0 aliphatic heterocycles. The molecule has 20 heavy (non-hydrogen) atoms. The van der Waals surface area contributed by atoms with E-state index in [1.54, 1.807) is 11.3 Å². The van der Waals surface area contributed by atoms with Crippen LogP contribution < -0.4 is 5.32 Å². The summed E-state index contributed by atoms with van der Waals surface area (Å²) in [6.45, 7) is 3.99. The summed E-state index contributed by atoms with van der Waals surface area (Å²) in [5, 5.41) is 3.97. The van der Waals surface area contributed by atoms with E-state index in [0.717, 1.165) is 32.9 Å². The normalized spacial score (nSPS) is 16.1. The number of hydrogen-bond acceptors (Lipinski definition) is 3. The minimum Gasteiger partial charge on any atom is -0.342 e. The van der Waals surface area contributed by atoms with Crippen LogP contribution in [0.1, 0.15) is 52.2 Å². The molecular formula is C14H16BrN3OS. The van der Waals surface area contributed by atoms with Crippen LogP contribution in [0.4, 0.5) is 0 Å². The summed E-state index contributed by atoms with van der Waals surface area (Å²) in [5.74, 6) is -0.0389. The van der Waals surface area contributed by atoms with Crippen molar-refractivity contribution in [2.24, 2.45) is 0 Å². The SMILES string of the molecule is Cc1cnc(C(C)NC(=O)c2cc(Br)cn2C2CC2)s1. The Morgan fingerprint density at radius 3 is 2.95 bits per heavy atom. The molecule has 1 unspecified atom stereocenters. The van der Waals surface area contributed by atoms with Gasteiger partial charge in [-0.15, -0.1) is 11.3 Å². The molecule has 2 heterocycles. The molecule has 3 rings (SSSR count). The molecule has 1 N–H and O–H groups in total. The minimum absolute atomic E-state index is 0.0389. The van der Waals surface area contributed by atoms with E-state index in [1.807, 2.05) is 32.3 Å². The molecule has 6 heteroatoms. The molecule has 1 amide bonds. The fourth-order valence-corrected chi connectivity index (χ4v) is 3.40. The third-order valence-corrected chi connectivity index (χ3v) is 4.87. The molecule has 1 atom stereocenters. The van der Waals surface area contributed by atoms with Crippen molar-refractivity contribution in [1.29, 1.82) is 0 Å². The second-order valence-electron chi connectivity index (χ2n) is 5.19. The van der Waals surface area contributed by atoms with Crippen molar-refractivity contribution in [3.8, 4) is 0 Å². The Hall–Kier alpha value is -1.14. The summed E-state index contributed by atoms with van der Waals surface area (Å²) >= 11 is 5.07. The van der Waals surface area contributed by atoms with Gasteiger partial charge in [-0.1, -0.05) is 0 Å². The van der Waals surface area contributed by atoms with Crippen LogP contribution in [-0.4, -0.2) is 15.5 Å². The number of nitrogens with one attached hydrogen (secondary N) is 1. The molecule has 1 aliphatic carbocycles. The maximum atomic E-state index is 12.4. The zero-order valence-corrected chi connectivity index (χ0v) is 13.8. The van der Waals surface area contributed by atoms with Gasteiger partial charge in [0.15, 0.2) is 0 Å². The lowest BCUT2D eigenvalue weighted by Gasteiger charge is -2.13. The Morgan fingerprint density at radius 2 is 2.35 bits per heavy atom. The Morgan fingerprint density at radius 1 is 1.60 bits per heavy atom. The molecule has 1 fully saturated rings. The number of thiazole rings is 1. The number of hydrogen-bond donors (Lipinski definition) is 1. The molecular weight excluding hydrogens is 338 g/mol. The van der Waals surface area contributed by atoms with Crippen molar-refractivity contribution < 1.29 is 4.79 Å². The Bertz CT molecular complexity index is 645. The van der Waals surface area contributed by atoms with Crippen LogP contribution in [0.15, 0.2) is 22.9 Å². The summed E-state index contributed by atoms with van der Waals surface area (Å²) in [4.78, 5) is 17.9. The van der Waals surface area contributed by atoms with Crippen LogP contribution in [0, 0.1) is 6.92 Å². The average molecular weight is 354 g/mol. The lowest BCUT2D eigenvalue weighted by molar-refractivity contribution is 0.0930. The van der Waals surface area contributed by atoms with Crippen molar-refractivity contribution in [1.82, 2.24) is 14.9 Å². The number of amides is 1. The van der Waals surface area contributed by atoms with Gasteiger partial charge in [-0.25, -0.2) is 4.98 Å². The van der Waals surface area contributed by atoms with Crippen molar-refractivity contribution in [2.45, 2.75) is 38.8 Å². The molecule has 4 nitrogen and oxygen atoms in total. The van der Waals surface area contributed by atoms with Gasteiger partial charge >= 0.3 is 0 Å². The van der Waals surface area contributed by atoms with Crippen molar-refractivity contribution >= 4 is 33.2 Å². The van der Waals surface area contributed by atoms with E-state index in [9.17, 15) is 4.79 Å². The number of carbonyl (C=O) groups is 1. The van der Waals surface area contributed by atoms with Gasteiger partial charge in [0.2, 0.25) is 0 Å². The quantitative estimate of drug-likeness (QED) is 0.907. The largest absolute Gasteiger partial charge is 0.342 e. The van der Waals surface area contributed by atoms with E-state index < -0.39 is 0 Å². The van der Waals surface area contributed by atoms with E-state index in [4.69, 9.17) is 0 Å². The van der Waals surface area contributed by atoms with E-state index in [1.165, 1.54) is 0 Å². The molecule has 0 aromatic carbocycles. The molecule has 0 bridgehead atoms. The van der Waals surface area contributed by atoms with Crippen LogP contribution in [0.2, 0.25) is 0 Å². The van der Waals surface area contributed by atoms with Crippen LogP contribution in [0.3, 0.4) is 0 Å². The number of rotatable bonds is 4. The van der Waals surface area contributed by atoms with Crippen LogP contribution in [0.25, 0.3) is 0 Å². The molecule has 0 radical (unpaired) electrons. The number of aromatic nitrogens is 2. The van der Waals surface area contributed by atoms with Crippen molar-refractivity contribution in [2.75, 3.05) is 0 Å². The first-order valence-corrected chi connectivity index (χ1v) is 8.26. The minimum atomic E-state index is -0.0671. The Kier molecular flexibility index (Phi) is 3.69. The third kappa shape index (κ3) is 2.81. The maximum Gasteiger partial charge on any atom is 0.268 e. The predicted molar refractivity (Wildman–Crippen MR) is 83.1 cm³/mol. The fraction of sp³-hybridized carbons (Fsp3) is 0.429. The highest BCUT2D eigenvalue weighted by Gasteiger charge is 2.28. The van der Waals surface area contributed by atoms with E-state index >= 15 is 0 Å². The van der Waals surface area contributed by atoms with Gasteiger partial charge in [0.05, 0.1) is 6.04 Å². The highest BCUT2D eigenvalue weighted by Crippen LogP contribution is 2.37. The van der Waals surface area contributed by atoms with E-state index in [0.29, 0.717) is 6.04 Å². The summed E-state index contributed by atoms with van der Waals surface area (Å²) in [6, 6.07) is 2.30. The first kappa shape index (κ1) is 13.8. The highest BCUT2D eigenvalue weighted by atomic mass is 79.9. The van der Waals surface area contributed by atoms with Gasteiger partial charge in [0.25, 0.3) is 5.91 Å². The molecule has 0 spiro atoms. The lowest BCUT2D eigenvalue weighted by Crippen LogP contribution is -2.28. The zero-order chi connectivity index (χ0) is 14.3. The fourth-order valence-electron chi connectivity index (χ4n) is 2.19. The molecule has 106 valence electrons. The van der Waals surface area contributed by atoms with Gasteiger partial charge in [-0.3, -0.25) is 4.79 Å². The topological polar surface area (TPSA) is 46.9 Å². The van der Waals surface area contributed by atoms with Crippen molar-refractivity contribution in [3.63, 3.8) is 0 Å². The smallest absolute Gasteiger partial charge is 0.268 e. The average Bonchev–Trinajstić information content (AvgIpc) is 3.03. The molecule has 2 aromatic rings. The number of nitrogens with zero attached hydrogens (tertiary/aromatic N) is 2. The number of carbonyl (C=O) groups excluding carboxylic acids is 1. The predicted octanol–water partition coefficient (Wildman–Crippen LogP) is 3.84. The maximum absolute atomic E-state index is 12.4. The van der Waals surface area contributed by atoms with E-state index in [2.05, 4.69) is 30.8 Å². The van der Waals surface area contributed by atoms with Gasteiger partial charge in [0.1, 0.15) is 10.7 Å². The highest BCUT2D eigenvalue weighted by molar-refractivity contribution is 9.10.